The van der Waals surface area contributed by atoms with Crippen LogP contribution in [0, 0.1) is 21.8 Å². The van der Waals surface area contributed by atoms with Crippen molar-refractivity contribution in [2.75, 3.05) is 0 Å². The van der Waals surface area contributed by atoms with Gasteiger partial charge in [-0.2, -0.15) is 0 Å². The Labute approximate surface area is 117 Å². The Kier molecular flexibility index (Phi) is 4.49. The van der Waals surface area contributed by atoms with E-state index in [1.807, 2.05) is 19.9 Å². The number of nitrogens with one attached hydrogen (secondary N) is 1. The SMILES string of the molecule is CC(NC1CC=CC([N+](=O)[O-])C1C)c1ccc(F)cc1. The molecule has 5 heteroatoms. The molecule has 0 aliphatic heterocycles. The maximum absolute atomic E-state index is 12.9. The molecule has 0 aromatic heterocycles. The van der Waals surface area contributed by atoms with Crippen molar-refractivity contribution >= 4 is 0 Å². The van der Waals surface area contributed by atoms with E-state index < -0.39 is 6.04 Å². The van der Waals surface area contributed by atoms with Crippen molar-refractivity contribution < 1.29 is 9.31 Å². The predicted molar refractivity (Wildman–Crippen MR) is 75.4 cm³/mol. The minimum Gasteiger partial charge on any atom is -0.307 e. The van der Waals surface area contributed by atoms with E-state index in [4.69, 9.17) is 0 Å². The Morgan fingerprint density at radius 2 is 2.05 bits per heavy atom. The van der Waals surface area contributed by atoms with Gasteiger partial charge in [-0.15, -0.1) is 0 Å². The molecule has 0 bridgehead atoms. The summed E-state index contributed by atoms with van der Waals surface area (Å²) < 4.78 is 12.9. The van der Waals surface area contributed by atoms with Gasteiger partial charge in [0.05, 0.1) is 0 Å². The predicted octanol–water partition coefficient (Wildman–Crippen LogP) is 3.09. The third-order valence-corrected chi connectivity index (χ3v) is 3.97. The molecule has 0 spiro atoms. The van der Waals surface area contributed by atoms with E-state index in [2.05, 4.69) is 5.32 Å². The van der Waals surface area contributed by atoms with Crippen molar-refractivity contribution in [3.63, 3.8) is 0 Å². The van der Waals surface area contributed by atoms with Gasteiger partial charge in [0, 0.05) is 22.9 Å². The number of hydrogen-bond acceptors (Lipinski definition) is 3. The lowest BCUT2D eigenvalue weighted by Crippen LogP contribution is -2.45. The summed E-state index contributed by atoms with van der Waals surface area (Å²) in [6, 6.07) is 5.77. The Bertz CT molecular complexity index is 501. The Hall–Kier alpha value is -1.75. The largest absolute Gasteiger partial charge is 0.307 e. The lowest BCUT2D eigenvalue weighted by molar-refractivity contribution is -0.519. The minimum absolute atomic E-state index is 0.0296. The van der Waals surface area contributed by atoms with Crippen LogP contribution in [0.1, 0.15) is 31.9 Å². The number of halogens is 1. The molecule has 108 valence electrons. The standard InChI is InChI=1S/C15H19FN2O2/c1-10-14(4-3-5-15(10)18(19)20)17-11(2)12-6-8-13(16)9-7-12/h3,5-11,14-15,17H,4H2,1-2H3. The van der Waals surface area contributed by atoms with E-state index in [1.54, 1.807) is 18.2 Å². The van der Waals surface area contributed by atoms with E-state index in [-0.39, 0.29) is 28.7 Å². The Balaban J connectivity index is 2.04. The number of hydrogen-bond donors (Lipinski definition) is 1. The van der Waals surface area contributed by atoms with Crippen LogP contribution in [0.25, 0.3) is 0 Å². The fraction of sp³-hybridized carbons (Fsp3) is 0.467. The maximum atomic E-state index is 12.9. The lowest BCUT2D eigenvalue weighted by atomic mass is 9.86. The number of nitro groups is 1. The molecule has 4 unspecified atom stereocenters. The fourth-order valence-corrected chi connectivity index (χ4v) is 2.64. The monoisotopic (exact) mass is 278 g/mol. The zero-order valence-electron chi connectivity index (χ0n) is 11.6. The van der Waals surface area contributed by atoms with E-state index >= 15 is 0 Å². The second-order valence-corrected chi connectivity index (χ2v) is 5.35. The van der Waals surface area contributed by atoms with Crippen molar-refractivity contribution in [2.45, 2.75) is 38.4 Å². The van der Waals surface area contributed by atoms with Crippen molar-refractivity contribution in [1.29, 1.82) is 0 Å². The molecule has 0 fully saturated rings. The summed E-state index contributed by atoms with van der Waals surface area (Å²) in [7, 11) is 0. The van der Waals surface area contributed by atoms with Crippen LogP contribution in [-0.4, -0.2) is 17.0 Å². The van der Waals surface area contributed by atoms with Gasteiger partial charge in [0.15, 0.2) is 0 Å². The molecule has 1 aromatic carbocycles. The van der Waals surface area contributed by atoms with Crippen molar-refractivity contribution in [3.8, 4) is 0 Å². The molecule has 1 N–H and O–H groups in total. The summed E-state index contributed by atoms with van der Waals surface area (Å²) in [6.45, 7) is 3.88. The van der Waals surface area contributed by atoms with E-state index in [0.29, 0.717) is 0 Å². The summed E-state index contributed by atoms with van der Waals surface area (Å²) in [5.74, 6) is -0.332. The highest BCUT2D eigenvalue weighted by atomic mass is 19.1. The third-order valence-electron chi connectivity index (χ3n) is 3.97. The summed E-state index contributed by atoms with van der Waals surface area (Å²) in [5, 5.41) is 14.4. The minimum atomic E-state index is -0.637. The molecule has 0 saturated heterocycles. The molecule has 4 atom stereocenters. The molecule has 0 radical (unpaired) electrons. The second-order valence-electron chi connectivity index (χ2n) is 5.35. The first-order valence-corrected chi connectivity index (χ1v) is 6.80. The van der Waals surface area contributed by atoms with Gasteiger partial charge in [0.2, 0.25) is 6.04 Å². The normalized spacial score (nSPS) is 27.2. The molecule has 1 aliphatic rings. The first kappa shape index (κ1) is 14.7. The lowest BCUT2D eigenvalue weighted by Gasteiger charge is -2.31. The maximum Gasteiger partial charge on any atom is 0.235 e. The molecule has 4 nitrogen and oxygen atoms in total. The van der Waals surface area contributed by atoms with Crippen LogP contribution >= 0.6 is 0 Å². The molecular formula is C15H19FN2O2. The molecule has 1 aromatic rings. The van der Waals surface area contributed by atoms with Gasteiger partial charge in [-0.25, -0.2) is 4.39 Å². The van der Waals surface area contributed by atoms with Gasteiger partial charge < -0.3 is 5.32 Å². The van der Waals surface area contributed by atoms with Crippen LogP contribution in [0.15, 0.2) is 36.4 Å². The molecule has 20 heavy (non-hydrogen) atoms. The smallest absolute Gasteiger partial charge is 0.235 e. The van der Waals surface area contributed by atoms with Crippen LogP contribution in [0.3, 0.4) is 0 Å². The molecule has 1 aliphatic carbocycles. The van der Waals surface area contributed by atoms with Crippen LogP contribution in [0.2, 0.25) is 0 Å². The molecule has 0 amide bonds. The van der Waals surface area contributed by atoms with Gasteiger partial charge >= 0.3 is 0 Å². The first-order chi connectivity index (χ1) is 9.49. The molecular weight excluding hydrogens is 259 g/mol. The average Bonchev–Trinajstić information content (AvgIpc) is 2.41. The summed E-state index contributed by atoms with van der Waals surface area (Å²) in [5.41, 5.74) is 0.978. The summed E-state index contributed by atoms with van der Waals surface area (Å²) in [6.07, 6.45) is 4.31. The Morgan fingerprint density at radius 3 is 2.65 bits per heavy atom. The number of nitrogens with zero attached hydrogens (tertiary/aromatic N) is 1. The quantitative estimate of drug-likeness (QED) is 0.523. The van der Waals surface area contributed by atoms with Gasteiger partial charge in [-0.1, -0.05) is 25.1 Å². The highest BCUT2D eigenvalue weighted by molar-refractivity contribution is 5.19. The van der Waals surface area contributed by atoms with E-state index in [9.17, 15) is 14.5 Å². The first-order valence-electron chi connectivity index (χ1n) is 6.80. The zero-order valence-corrected chi connectivity index (χ0v) is 11.6. The molecule has 0 heterocycles. The van der Waals surface area contributed by atoms with Crippen LogP contribution in [0.5, 0.6) is 0 Å². The van der Waals surface area contributed by atoms with Gasteiger partial charge in [0.1, 0.15) is 5.82 Å². The van der Waals surface area contributed by atoms with Crippen molar-refractivity contribution in [2.24, 2.45) is 5.92 Å². The number of benzene rings is 1. The van der Waals surface area contributed by atoms with E-state index in [0.717, 1.165) is 12.0 Å². The van der Waals surface area contributed by atoms with Crippen molar-refractivity contribution in [1.82, 2.24) is 5.32 Å². The Morgan fingerprint density at radius 1 is 1.40 bits per heavy atom. The topological polar surface area (TPSA) is 55.2 Å². The fourth-order valence-electron chi connectivity index (χ4n) is 2.64. The average molecular weight is 278 g/mol. The summed E-state index contributed by atoms with van der Waals surface area (Å²) >= 11 is 0. The van der Waals surface area contributed by atoms with E-state index in [1.165, 1.54) is 12.1 Å². The highest BCUT2D eigenvalue weighted by Gasteiger charge is 2.34. The third kappa shape index (κ3) is 3.22. The van der Waals surface area contributed by atoms with Crippen LogP contribution in [-0.2, 0) is 0 Å². The van der Waals surface area contributed by atoms with Crippen LogP contribution < -0.4 is 5.32 Å². The number of rotatable bonds is 4. The van der Waals surface area contributed by atoms with Gasteiger partial charge in [-0.3, -0.25) is 10.1 Å². The van der Waals surface area contributed by atoms with Gasteiger partial charge in [0.25, 0.3) is 0 Å². The zero-order chi connectivity index (χ0) is 14.7. The van der Waals surface area contributed by atoms with Crippen molar-refractivity contribution in [3.05, 3.63) is 57.9 Å². The summed E-state index contributed by atoms with van der Waals surface area (Å²) in [4.78, 5) is 10.7. The molecule has 0 saturated carbocycles. The molecule has 2 rings (SSSR count). The highest BCUT2D eigenvalue weighted by Crippen LogP contribution is 2.24. The second kappa shape index (κ2) is 6.13. The van der Waals surface area contributed by atoms with Crippen LogP contribution in [0.4, 0.5) is 4.39 Å². The van der Waals surface area contributed by atoms with Gasteiger partial charge in [-0.05, 0) is 37.1 Å².